The third-order valence-electron chi connectivity index (χ3n) is 4.34. The predicted molar refractivity (Wildman–Crippen MR) is 106 cm³/mol. The molecule has 2 aromatic carbocycles. The van der Waals surface area contributed by atoms with E-state index in [2.05, 4.69) is 22.4 Å². The third kappa shape index (κ3) is 5.99. The Morgan fingerprint density at radius 1 is 1.11 bits per heavy atom. The molecule has 1 heterocycles. The summed E-state index contributed by atoms with van der Waals surface area (Å²) in [6.45, 7) is 3.90. The Morgan fingerprint density at radius 3 is 2.63 bits per heavy atom. The Morgan fingerprint density at radius 2 is 1.89 bits per heavy atom. The van der Waals surface area contributed by atoms with Crippen LogP contribution in [0.15, 0.2) is 67.3 Å². The number of ether oxygens (including phenoxy) is 1. The number of benzene rings is 2. The van der Waals surface area contributed by atoms with E-state index in [0.717, 1.165) is 23.4 Å². The molecule has 0 saturated carbocycles. The van der Waals surface area contributed by atoms with E-state index in [1.165, 1.54) is 5.56 Å². The first-order valence-electron chi connectivity index (χ1n) is 9.19. The van der Waals surface area contributed by atoms with Gasteiger partial charge in [-0.3, -0.25) is 4.79 Å². The quantitative estimate of drug-likeness (QED) is 0.590. The topological polar surface area (TPSA) is 56.1 Å². The van der Waals surface area contributed by atoms with Gasteiger partial charge in [-0.25, -0.2) is 4.98 Å². The summed E-state index contributed by atoms with van der Waals surface area (Å²) < 4.78 is 7.74. The molecule has 5 heteroatoms. The molecule has 0 radical (unpaired) electrons. The Kier molecular flexibility index (Phi) is 6.63. The van der Waals surface area contributed by atoms with E-state index in [1.807, 2.05) is 54.1 Å². The second-order valence-corrected chi connectivity index (χ2v) is 6.55. The van der Waals surface area contributed by atoms with Crippen molar-refractivity contribution < 1.29 is 9.53 Å². The lowest BCUT2D eigenvalue weighted by Crippen LogP contribution is -2.23. The second-order valence-electron chi connectivity index (χ2n) is 6.55. The van der Waals surface area contributed by atoms with Crippen LogP contribution in [0.2, 0.25) is 0 Å². The van der Waals surface area contributed by atoms with Crippen molar-refractivity contribution in [3.8, 4) is 5.75 Å². The number of hydrogen-bond donors (Lipinski definition) is 1. The molecule has 3 rings (SSSR count). The maximum Gasteiger partial charge on any atom is 0.220 e. The molecule has 1 amide bonds. The van der Waals surface area contributed by atoms with E-state index in [1.54, 1.807) is 12.5 Å². The normalized spacial score (nSPS) is 10.6. The summed E-state index contributed by atoms with van der Waals surface area (Å²) in [4.78, 5) is 16.0. The van der Waals surface area contributed by atoms with E-state index >= 15 is 0 Å². The highest BCUT2D eigenvalue weighted by atomic mass is 16.5. The lowest BCUT2D eigenvalue weighted by Gasteiger charge is -2.09. The maximum absolute atomic E-state index is 12.0. The first kappa shape index (κ1) is 18.7. The number of nitrogens with zero attached hydrogens (tertiary/aromatic N) is 2. The van der Waals surface area contributed by atoms with Crippen LogP contribution >= 0.6 is 0 Å². The minimum Gasteiger partial charge on any atom is -0.493 e. The van der Waals surface area contributed by atoms with Crippen LogP contribution in [-0.4, -0.2) is 22.1 Å². The molecule has 0 bridgehead atoms. The van der Waals surface area contributed by atoms with E-state index < -0.39 is 0 Å². The number of aromatic nitrogens is 2. The van der Waals surface area contributed by atoms with Crippen LogP contribution in [0, 0.1) is 6.92 Å². The highest BCUT2D eigenvalue weighted by Gasteiger charge is 2.03. The number of imidazole rings is 1. The van der Waals surface area contributed by atoms with Crippen molar-refractivity contribution in [2.75, 3.05) is 6.61 Å². The molecule has 3 aromatic rings. The molecule has 27 heavy (non-hydrogen) atoms. The molecule has 0 aliphatic heterocycles. The summed E-state index contributed by atoms with van der Waals surface area (Å²) in [6.07, 6.45) is 6.68. The average molecular weight is 363 g/mol. The van der Waals surface area contributed by atoms with Gasteiger partial charge in [0.1, 0.15) is 5.75 Å². The SMILES string of the molecule is Cc1ccccc1OCCCC(=O)NCc1ccc(Cn2ccnc2)cc1. The van der Waals surface area contributed by atoms with Gasteiger partial charge in [-0.05, 0) is 36.1 Å². The number of amides is 1. The lowest BCUT2D eigenvalue weighted by molar-refractivity contribution is -0.121. The van der Waals surface area contributed by atoms with Crippen LogP contribution < -0.4 is 10.1 Å². The van der Waals surface area contributed by atoms with Crippen LogP contribution in [-0.2, 0) is 17.9 Å². The summed E-state index contributed by atoms with van der Waals surface area (Å²) >= 11 is 0. The van der Waals surface area contributed by atoms with Crippen molar-refractivity contribution in [2.24, 2.45) is 0 Å². The highest BCUT2D eigenvalue weighted by Crippen LogP contribution is 2.16. The first-order valence-corrected chi connectivity index (χ1v) is 9.19. The van der Waals surface area contributed by atoms with Gasteiger partial charge in [0.15, 0.2) is 0 Å². The second kappa shape index (κ2) is 9.57. The van der Waals surface area contributed by atoms with E-state index in [4.69, 9.17) is 4.74 Å². The largest absolute Gasteiger partial charge is 0.493 e. The van der Waals surface area contributed by atoms with E-state index in [-0.39, 0.29) is 5.91 Å². The highest BCUT2D eigenvalue weighted by molar-refractivity contribution is 5.75. The zero-order valence-electron chi connectivity index (χ0n) is 15.6. The molecule has 0 aliphatic carbocycles. The molecular formula is C22H25N3O2. The number of para-hydroxylation sites is 1. The number of rotatable bonds is 9. The zero-order valence-corrected chi connectivity index (χ0v) is 15.6. The van der Waals surface area contributed by atoms with Gasteiger partial charge in [-0.1, -0.05) is 42.5 Å². The van der Waals surface area contributed by atoms with Crippen molar-refractivity contribution in [3.63, 3.8) is 0 Å². The molecule has 0 saturated heterocycles. The van der Waals surface area contributed by atoms with Crippen molar-refractivity contribution in [2.45, 2.75) is 32.9 Å². The molecule has 0 unspecified atom stereocenters. The summed E-state index contributed by atoms with van der Waals surface area (Å²) in [6, 6.07) is 16.2. The van der Waals surface area contributed by atoms with Crippen LogP contribution in [0.5, 0.6) is 5.75 Å². The van der Waals surface area contributed by atoms with Gasteiger partial charge >= 0.3 is 0 Å². The minimum atomic E-state index is 0.0471. The average Bonchev–Trinajstić information content (AvgIpc) is 3.19. The van der Waals surface area contributed by atoms with Crippen molar-refractivity contribution in [1.29, 1.82) is 0 Å². The van der Waals surface area contributed by atoms with Gasteiger partial charge in [0.2, 0.25) is 5.91 Å². The van der Waals surface area contributed by atoms with Crippen molar-refractivity contribution in [3.05, 3.63) is 83.9 Å². The number of nitrogens with one attached hydrogen (secondary N) is 1. The number of hydrogen-bond acceptors (Lipinski definition) is 3. The summed E-state index contributed by atoms with van der Waals surface area (Å²) in [5.41, 5.74) is 3.41. The van der Waals surface area contributed by atoms with Gasteiger partial charge in [0.25, 0.3) is 0 Å². The third-order valence-corrected chi connectivity index (χ3v) is 4.34. The molecule has 140 valence electrons. The Balaban J connectivity index is 1.34. The zero-order chi connectivity index (χ0) is 18.9. The number of carbonyl (C=O) groups excluding carboxylic acids is 1. The smallest absolute Gasteiger partial charge is 0.220 e. The lowest BCUT2D eigenvalue weighted by atomic mass is 10.1. The van der Waals surface area contributed by atoms with E-state index in [9.17, 15) is 4.79 Å². The monoisotopic (exact) mass is 363 g/mol. The molecule has 5 nitrogen and oxygen atoms in total. The Hall–Kier alpha value is -3.08. The summed E-state index contributed by atoms with van der Waals surface area (Å²) in [5, 5.41) is 2.96. The van der Waals surface area contributed by atoms with Gasteiger partial charge in [-0.2, -0.15) is 0 Å². The first-order chi connectivity index (χ1) is 13.2. The van der Waals surface area contributed by atoms with Crippen LogP contribution in [0.4, 0.5) is 0 Å². The molecular weight excluding hydrogens is 338 g/mol. The van der Waals surface area contributed by atoms with Gasteiger partial charge in [-0.15, -0.1) is 0 Å². The molecule has 0 atom stereocenters. The molecule has 1 N–H and O–H groups in total. The molecule has 0 aliphatic rings. The van der Waals surface area contributed by atoms with Gasteiger partial charge < -0.3 is 14.6 Å². The summed E-state index contributed by atoms with van der Waals surface area (Å²) in [7, 11) is 0. The number of aryl methyl sites for hydroxylation is 1. The van der Waals surface area contributed by atoms with Crippen LogP contribution in [0.3, 0.4) is 0 Å². The molecule has 0 fully saturated rings. The van der Waals surface area contributed by atoms with E-state index in [0.29, 0.717) is 26.0 Å². The van der Waals surface area contributed by atoms with Crippen LogP contribution in [0.1, 0.15) is 29.5 Å². The van der Waals surface area contributed by atoms with Gasteiger partial charge in [0, 0.05) is 31.9 Å². The Bertz CT molecular complexity index is 842. The van der Waals surface area contributed by atoms with Gasteiger partial charge in [0.05, 0.1) is 12.9 Å². The maximum atomic E-state index is 12.0. The predicted octanol–water partition coefficient (Wildman–Crippen LogP) is 3.72. The van der Waals surface area contributed by atoms with Crippen molar-refractivity contribution >= 4 is 5.91 Å². The van der Waals surface area contributed by atoms with Crippen LogP contribution in [0.25, 0.3) is 0 Å². The summed E-state index contributed by atoms with van der Waals surface area (Å²) in [5.74, 6) is 0.930. The fourth-order valence-electron chi connectivity index (χ4n) is 2.78. The van der Waals surface area contributed by atoms with Crippen molar-refractivity contribution in [1.82, 2.24) is 14.9 Å². The Labute approximate surface area is 160 Å². The minimum absolute atomic E-state index is 0.0471. The fourth-order valence-corrected chi connectivity index (χ4v) is 2.78. The number of carbonyl (C=O) groups is 1. The standard InChI is InChI=1S/C22H25N3O2/c1-18-5-2-3-6-21(18)27-14-4-7-22(26)24-15-19-8-10-20(11-9-19)16-25-13-12-23-17-25/h2-3,5-6,8-13,17H,4,7,14-16H2,1H3,(H,24,26). The fraction of sp³-hybridized carbons (Fsp3) is 0.273. The molecule has 1 aromatic heterocycles. The molecule has 0 spiro atoms.